The highest BCUT2D eigenvalue weighted by atomic mass is 79.9. The number of sulfone groups is 1. The molecule has 1 fully saturated rings. The highest BCUT2D eigenvalue weighted by Gasteiger charge is 2.29. The number of hydrogen-bond donors (Lipinski definition) is 1. The molecule has 0 saturated heterocycles. The van der Waals surface area contributed by atoms with Gasteiger partial charge in [0.2, 0.25) is 5.95 Å². The monoisotopic (exact) mass is 333 g/mol. The normalized spacial score (nSPS) is 24.8. The van der Waals surface area contributed by atoms with Crippen LogP contribution in [0.1, 0.15) is 25.7 Å². The van der Waals surface area contributed by atoms with Crippen LogP contribution in [0.25, 0.3) is 0 Å². The van der Waals surface area contributed by atoms with Gasteiger partial charge in [-0.2, -0.15) is 0 Å². The van der Waals surface area contributed by atoms with Crippen molar-refractivity contribution in [3.8, 4) is 0 Å². The molecule has 1 saturated carbocycles. The van der Waals surface area contributed by atoms with E-state index in [1.165, 1.54) is 6.26 Å². The molecule has 2 rings (SSSR count). The van der Waals surface area contributed by atoms with E-state index in [0.29, 0.717) is 12.4 Å². The topological polar surface area (TPSA) is 72.0 Å². The van der Waals surface area contributed by atoms with Crippen LogP contribution in [-0.4, -0.2) is 35.9 Å². The third kappa shape index (κ3) is 3.65. The molecule has 0 aromatic carbocycles. The zero-order valence-corrected chi connectivity index (χ0v) is 12.5. The number of aromatic nitrogens is 2. The summed E-state index contributed by atoms with van der Waals surface area (Å²) in [5.41, 5.74) is 0. The maximum atomic E-state index is 11.6. The summed E-state index contributed by atoms with van der Waals surface area (Å²) in [6, 6.07) is 0.139. The molecular weight excluding hydrogens is 318 g/mol. The Kier molecular flexibility index (Phi) is 4.21. The number of anilines is 1. The summed E-state index contributed by atoms with van der Waals surface area (Å²) in [4.78, 5) is 8.28. The van der Waals surface area contributed by atoms with Gasteiger partial charge in [-0.1, -0.05) is 6.42 Å². The molecule has 1 N–H and O–H groups in total. The van der Waals surface area contributed by atoms with Crippen LogP contribution >= 0.6 is 15.9 Å². The van der Waals surface area contributed by atoms with Crippen molar-refractivity contribution in [2.45, 2.75) is 37.0 Å². The first kappa shape index (κ1) is 13.7. The second kappa shape index (κ2) is 5.52. The molecular formula is C11H16BrN3O2S. The van der Waals surface area contributed by atoms with Gasteiger partial charge in [-0.15, -0.1) is 0 Å². The van der Waals surface area contributed by atoms with Gasteiger partial charge in [0.25, 0.3) is 0 Å². The van der Waals surface area contributed by atoms with E-state index in [-0.39, 0.29) is 11.3 Å². The van der Waals surface area contributed by atoms with Crippen LogP contribution in [0.2, 0.25) is 0 Å². The maximum absolute atomic E-state index is 11.6. The summed E-state index contributed by atoms with van der Waals surface area (Å²) in [7, 11) is -2.95. The SMILES string of the molecule is CS(=O)(=O)[C@@H]1CCC[C@@H](Nc2ncc(Br)cn2)C1. The van der Waals surface area contributed by atoms with Crippen molar-refractivity contribution in [2.24, 2.45) is 0 Å². The number of nitrogens with zero attached hydrogens (tertiary/aromatic N) is 2. The van der Waals surface area contributed by atoms with Gasteiger partial charge in [0.05, 0.1) is 9.72 Å². The lowest BCUT2D eigenvalue weighted by molar-refractivity contribution is 0.451. The maximum Gasteiger partial charge on any atom is 0.222 e. The number of rotatable bonds is 3. The second-order valence-electron chi connectivity index (χ2n) is 4.68. The Labute approximate surface area is 115 Å². The Balaban J connectivity index is 2.00. The average Bonchev–Trinajstić information content (AvgIpc) is 2.31. The predicted molar refractivity (Wildman–Crippen MR) is 74.2 cm³/mol. The van der Waals surface area contributed by atoms with Gasteiger partial charge < -0.3 is 5.32 Å². The minimum absolute atomic E-state index is 0.139. The average molecular weight is 334 g/mol. The van der Waals surface area contributed by atoms with E-state index in [4.69, 9.17) is 0 Å². The van der Waals surface area contributed by atoms with Gasteiger partial charge in [-0.25, -0.2) is 18.4 Å². The Morgan fingerprint density at radius 3 is 2.61 bits per heavy atom. The molecule has 0 amide bonds. The van der Waals surface area contributed by atoms with Crippen LogP contribution in [-0.2, 0) is 9.84 Å². The van der Waals surface area contributed by atoms with Crippen molar-refractivity contribution in [3.05, 3.63) is 16.9 Å². The van der Waals surface area contributed by atoms with E-state index in [0.717, 1.165) is 23.7 Å². The first-order valence-corrected chi connectivity index (χ1v) is 8.63. The quantitative estimate of drug-likeness (QED) is 0.915. The van der Waals surface area contributed by atoms with Gasteiger partial charge in [0, 0.05) is 24.7 Å². The summed E-state index contributed by atoms with van der Waals surface area (Å²) in [6.45, 7) is 0. The van der Waals surface area contributed by atoms with Crippen molar-refractivity contribution >= 4 is 31.7 Å². The fourth-order valence-corrected chi connectivity index (χ4v) is 3.62. The molecule has 1 aromatic heterocycles. The van der Waals surface area contributed by atoms with Crippen molar-refractivity contribution in [1.82, 2.24) is 9.97 Å². The van der Waals surface area contributed by atoms with Crippen LogP contribution in [0, 0.1) is 0 Å². The van der Waals surface area contributed by atoms with Gasteiger partial charge in [-0.05, 0) is 35.2 Å². The predicted octanol–water partition coefficient (Wildman–Crippen LogP) is 2.01. The molecule has 0 radical (unpaired) electrons. The van der Waals surface area contributed by atoms with Crippen molar-refractivity contribution < 1.29 is 8.42 Å². The summed E-state index contributed by atoms with van der Waals surface area (Å²) in [5.74, 6) is 0.553. The molecule has 1 aliphatic carbocycles. The molecule has 7 heteroatoms. The molecule has 1 aromatic rings. The zero-order chi connectivity index (χ0) is 13.2. The van der Waals surface area contributed by atoms with Gasteiger partial charge in [0.1, 0.15) is 9.84 Å². The molecule has 100 valence electrons. The smallest absolute Gasteiger partial charge is 0.222 e. The van der Waals surface area contributed by atoms with Crippen molar-refractivity contribution in [2.75, 3.05) is 11.6 Å². The van der Waals surface area contributed by atoms with E-state index in [9.17, 15) is 8.42 Å². The largest absolute Gasteiger partial charge is 0.351 e. The minimum Gasteiger partial charge on any atom is -0.351 e. The lowest BCUT2D eigenvalue weighted by atomic mass is 9.95. The molecule has 0 bridgehead atoms. The molecule has 0 unspecified atom stereocenters. The third-order valence-electron chi connectivity index (χ3n) is 3.19. The van der Waals surface area contributed by atoms with Crippen molar-refractivity contribution in [1.29, 1.82) is 0 Å². The van der Waals surface area contributed by atoms with Crippen LogP contribution in [0.5, 0.6) is 0 Å². The van der Waals surface area contributed by atoms with E-state index in [1.807, 2.05) is 0 Å². The molecule has 0 spiro atoms. The van der Waals surface area contributed by atoms with E-state index in [1.54, 1.807) is 12.4 Å². The summed E-state index contributed by atoms with van der Waals surface area (Å²) in [6.07, 6.45) is 7.95. The Bertz CT molecular complexity index is 504. The summed E-state index contributed by atoms with van der Waals surface area (Å²) in [5, 5.41) is 2.97. The first-order chi connectivity index (χ1) is 8.45. The molecule has 2 atom stereocenters. The highest BCUT2D eigenvalue weighted by Crippen LogP contribution is 2.25. The Morgan fingerprint density at radius 1 is 1.33 bits per heavy atom. The van der Waals surface area contributed by atoms with Crippen molar-refractivity contribution in [3.63, 3.8) is 0 Å². The zero-order valence-electron chi connectivity index (χ0n) is 10.1. The lowest BCUT2D eigenvalue weighted by Gasteiger charge is -2.28. The fraction of sp³-hybridized carbons (Fsp3) is 0.636. The Hall–Kier alpha value is -0.690. The first-order valence-electron chi connectivity index (χ1n) is 5.88. The minimum atomic E-state index is -2.95. The van der Waals surface area contributed by atoms with Crippen LogP contribution in [0.15, 0.2) is 16.9 Å². The molecule has 1 heterocycles. The van der Waals surface area contributed by atoms with E-state index in [2.05, 4.69) is 31.2 Å². The number of halogens is 1. The van der Waals surface area contributed by atoms with E-state index < -0.39 is 9.84 Å². The second-order valence-corrected chi connectivity index (χ2v) is 7.93. The molecule has 18 heavy (non-hydrogen) atoms. The van der Waals surface area contributed by atoms with Crippen LogP contribution < -0.4 is 5.32 Å². The molecule has 0 aliphatic heterocycles. The van der Waals surface area contributed by atoms with Crippen LogP contribution in [0.3, 0.4) is 0 Å². The fourth-order valence-electron chi connectivity index (χ4n) is 2.23. The Morgan fingerprint density at radius 2 is 2.00 bits per heavy atom. The standard InChI is InChI=1S/C11H16BrN3O2S/c1-18(16,17)10-4-2-3-9(5-10)15-11-13-6-8(12)7-14-11/h6-7,9-10H,2-5H2,1H3,(H,13,14,15)/t9-,10-/m1/s1. The summed E-state index contributed by atoms with van der Waals surface area (Å²) < 4.78 is 24.0. The highest BCUT2D eigenvalue weighted by molar-refractivity contribution is 9.10. The van der Waals surface area contributed by atoms with Gasteiger partial charge >= 0.3 is 0 Å². The van der Waals surface area contributed by atoms with Crippen LogP contribution in [0.4, 0.5) is 5.95 Å². The van der Waals surface area contributed by atoms with Gasteiger partial charge in [0.15, 0.2) is 0 Å². The number of nitrogens with one attached hydrogen (secondary N) is 1. The van der Waals surface area contributed by atoms with Gasteiger partial charge in [-0.3, -0.25) is 0 Å². The lowest BCUT2D eigenvalue weighted by Crippen LogP contribution is -2.34. The summed E-state index contributed by atoms with van der Waals surface area (Å²) >= 11 is 3.27. The molecule has 5 nitrogen and oxygen atoms in total. The molecule has 1 aliphatic rings. The van der Waals surface area contributed by atoms with E-state index >= 15 is 0 Å². The third-order valence-corrected chi connectivity index (χ3v) is 5.23. The number of hydrogen-bond acceptors (Lipinski definition) is 5.